The van der Waals surface area contributed by atoms with Crippen molar-refractivity contribution in [2.24, 2.45) is 0 Å². The van der Waals surface area contributed by atoms with Crippen LogP contribution in [0, 0.1) is 0 Å². The summed E-state index contributed by atoms with van der Waals surface area (Å²) in [7, 11) is 0. The first-order valence-electron chi connectivity index (χ1n) is 7.98. The minimum absolute atomic E-state index is 0.226. The molecule has 2 aromatic rings. The Bertz CT molecular complexity index is 695. The number of H-pyrrole nitrogens is 1. The number of piperazine rings is 1. The predicted molar refractivity (Wildman–Crippen MR) is 93.1 cm³/mol. The zero-order valence-corrected chi connectivity index (χ0v) is 14.0. The molecule has 1 aliphatic heterocycles. The standard InChI is InChI=1S/C17H21ClN4O/c1-2-14(13-6-4-3-5-7-13)21-8-10-22(11-9-21)15-12-19-20-17(23)16(15)18/h3-7,12,14H,2,8-11H2,1H3,(H,20,23)/t14-/m0/s1. The first-order chi connectivity index (χ1) is 11.2. The van der Waals surface area contributed by atoms with Crippen molar-refractivity contribution >= 4 is 17.3 Å². The van der Waals surface area contributed by atoms with E-state index >= 15 is 0 Å². The summed E-state index contributed by atoms with van der Waals surface area (Å²) in [5, 5.41) is 6.45. The molecule has 1 aromatic heterocycles. The highest BCUT2D eigenvalue weighted by atomic mass is 35.5. The molecular formula is C17H21ClN4O. The third-order valence-corrected chi connectivity index (χ3v) is 4.81. The Balaban J connectivity index is 1.70. The molecule has 23 heavy (non-hydrogen) atoms. The number of halogens is 1. The molecule has 1 saturated heterocycles. The predicted octanol–water partition coefficient (Wildman–Crippen LogP) is 2.70. The van der Waals surface area contributed by atoms with Crippen molar-refractivity contribution in [3.8, 4) is 0 Å². The van der Waals surface area contributed by atoms with E-state index in [1.54, 1.807) is 6.20 Å². The maximum atomic E-state index is 11.6. The summed E-state index contributed by atoms with van der Waals surface area (Å²) in [6, 6.07) is 11.1. The zero-order valence-electron chi connectivity index (χ0n) is 13.2. The van der Waals surface area contributed by atoms with E-state index < -0.39 is 0 Å². The lowest BCUT2D eigenvalue weighted by molar-refractivity contribution is 0.181. The Kier molecular flexibility index (Phi) is 4.98. The second kappa shape index (κ2) is 7.15. The molecule has 1 N–H and O–H groups in total. The van der Waals surface area contributed by atoms with Crippen LogP contribution in [0.3, 0.4) is 0 Å². The van der Waals surface area contributed by atoms with Crippen molar-refractivity contribution in [3.05, 3.63) is 57.5 Å². The molecule has 2 heterocycles. The van der Waals surface area contributed by atoms with Crippen LogP contribution in [0.25, 0.3) is 0 Å². The number of aromatic nitrogens is 2. The number of hydrogen-bond acceptors (Lipinski definition) is 4. The third kappa shape index (κ3) is 3.41. The van der Waals surface area contributed by atoms with Crippen LogP contribution in [0.4, 0.5) is 5.69 Å². The highest BCUT2D eigenvalue weighted by Crippen LogP contribution is 2.27. The van der Waals surface area contributed by atoms with Gasteiger partial charge in [-0.1, -0.05) is 48.9 Å². The van der Waals surface area contributed by atoms with E-state index in [2.05, 4.69) is 57.3 Å². The Morgan fingerprint density at radius 3 is 2.57 bits per heavy atom. The van der Waals surface area contributed by atoms with Crippen molar-refractivity contribution in [3.63, 3.8) is 0 Å². The SMILES string of the molecule is CC[C@@H](c1ccccc1)N1CCN(c2cn[nH]c(=O)c2Cl)CC1. The summed E-state index contributed by atoms with van der Waals surface area (Å²) >= 11 is 6.11. The minimum Gasteiger partial charge on any atom is -0.366 e. The summed E-state index contributed by atoms with van der Waals surface area (Å²) in [4.78, 5) is 16.2. The Morgan fingerprint density at radius 2 is 1.91 bits per heavy atom. The molecule has 6 heteroatoms. The zero-order chi connectivity index (χ0) is 16.2. The molecule has 1 aliphatic rings. The summed E-state index contributed by atoms with van der Waals surface area (Å²) in [5.74, 6) is 0. The van der Waals surface area contributed by atoms with Gasteiger partial charge in [-0.15, -0.1) is 0 Å². The quantitative estimate of drug-likeness (QED) is 0.935. The smallest absolute Gasteiger partial charge is 0.285 e. The van der Waals surface area contributed by atoms with Crippen LogP contribution in [-0.2, 0) is 0 Å². The van der Waals surface area contributed by atoms with E-state index in [1.165, 1.54) is 5.56 Å². The van der Waals surface area contributed by atoms with Gasteiger partial charge in [-0.2, -0.15) is 5.10 Å². The van der Waals surface area contributed by atoms with Crippen molar-refractivity contribution < 1.29 is 0 Å². The number of nitrogens with zero attached hydrogens (tertiary/aromatic N) is 3. The van der Waals surface area contributed by atoms with E-state index in [9.17, 15) is 4.79 Å². The van der Waals surface area contributed by atoms with Crippen molar-refractivity contribution in [2.75, 3.05) is 31.1 Å². The van der Waals surface area contributed by atoms with Crippen LogP contribution < -0.4 is 10.5 Å². The number of nitrogens with one attached hydrogen (secondary N) is 1. The Labute approximate surface area is 140 Å². The molecule has 0 unspecified atom stereocenters. The summed E-state index contributed by atoms with van der Waals surface area (Å²) < 4.78 is 0. The van der Waals surface area contributed by atoms with Gasteiger partial charge in [0.1, 0.15) is 5.02 Å². The van der Waals surface area contributed by atoms with Gasteiger partial charge in [0.15, 0.2) is 0 Å². The van der Waals surface area contributed by atoms with Gasteiger partial charge < -0.3 is 4.90 Å². The largest absolute Gasteiger partial charge is 0.366 e. The molecular weight excluding hydrogens is 312 g/mol. The Morgan fingerprint density at radius 1 is 1.22 bits per heavy atom. The van der Waals surface area contributed by atoms with Gasteiger partial charge in [0.2, 0.25) is 0 Å². The van der Waals surface area contributed by atoms with Crippen LogP contribution in [0.1, 0.15) is 24.9 Å². The molecule has 0 amide bonds. The van der Waals surface area contributed by atoms with E-state index in [0.29, 0.717) is 6.04 Å². The van der Waals surface area contributed by atoms with Gasteiger partial charge >= 0.3 is 0 Å². The normalized spacial score (nSPS) is 17.2. The minimum atomic E-state index is -0.331. The van der Waals surface area contributed by atoms with Gasteiger partial charge in [0.05, 0.1) is 11.9 Å². The topological polar surface area (TPSA) is 52.2 Å². The average Bonchev–Trinajstić information content (AvgIpc) is 2.60. The molecule has 1 fully saturated rings. The molecule has 0 saturated carbocycles. The van der Waals surface area contributed by atoms with Crippen molar-refractivity contribution in [1.29, 1.82) is 0 Å². The molecule has 0 bridgehead atoms. The van der Waals surface area contributed by atoms with E-state index in [0.717, 1.165) is 38.3 Å². The molecule has 122 valence electrons. The summed E-state index contributed by atoms with van der Waals surface area (Å²) in [5.41, 5.74) is 1.75. The maximum absolute atomic E-state index is 11.6. The lowest BCUT2D eigenvalue weighted by Gasteiger charge is -2.40. The number of rotatable bonds is 4. The highest BCUT2D eigenvalue weighted by Gasteiger charge is 2.25. The average molecular weight is 333 g/mol. The number of hydrogen-bond donors (Lipinski definition) is 1. The molecule has 1 aromatic carbocycles. The lowest BCUT2D eigenvalue weighted by atomic mass is 10.0. The van der Waals surface area contributed by atoms with Gasteiger partial charge in [0, 0.05) is 32.2 Å². The van der Waals surface area contributed by atoms with Crippen molar-refractivity contribution in [2.45, 2.75) is 19.4 Å². The number of anilines is 1. The van der Waals surface area contributed by atoms with Crippen LogP contribution in [0.15, 0.2) is 41.3 Å². The van der Waals surface area contributed by atoms with Crippen molar-refractivity contribution in [1.82, 2.24) is 15.1 Å². The second-order valence-electron chi connectivity index (χ2n) is 5.76. The van der Waals surface area contributed by atoms with Gasteiger partial charge in [-0.3, -0.25) is 9.69 Å². The molecule has 1 atom stereocenters. The molecule has 0 spiro atoms. The van der Waals surface area contributed by atoms with Crippen LogP contribution in [0.2, 0.25) is 5.02 Å². The maximum Gasteiger partial charge on any atom is 0.285 e. The summed E-state index contributed by atoms with van der Waals surface area (Å²) in [6.07, 6.45) is 2.71. The van der Waals surface area contributed by atoms with E-state index in [-0.39, 0.29) is 10.6 Å². The van der Waals surface area contributed by atoms with Gasteiger partial charge in [-0.25, -0.2) is 5.10 Å². The number of benzene rings is 1. The van der Waals surface area contributed by atoms with Crippen LogP contribution in [-0.4, -0.2) is 41.3 Å². The Hall–Kier alpha value is -1.85. The van der Waals surface area contributed by atoms with Gasteiger partial charge in [-0.05, 0) is 12.0 Å². The third-order valence-electron chi connectivity index (χ3n) is 4.44. The van der Waals surface area contributed by atoms with Gasteiger partial charge in [0.25, 0.3) is 5.56 Å². The highest BCUT2D eigenvalue weighted by molar-refractivity contribution is 6.32. The molecule has 0 radical (unpaired) electrons. The van der Waals surface area contributed by atoms with E-state index in [4.69, 9.17) is 11.6 Å². The first-order valence-corrected chi connectivity index (χ1v) is 8.35. The fourth-order valence-electron chi connectivity index (χ4n) is 3.25. The number of aromatic amines is 1. The molecule has 5 nitrogen and oxygen atoms in total. The fourth-order valence-corrected chi connectivity index (χ4v) is 3.46. The van der Waals surface area contributed by atoms with Crippen LogP contribution >= 0.6 is 11.6 Å². The van der Waals surface area contributed by atoms with E-state index in [1.807, 2.05) is 0 Å². The first kappa shape index (κ1) is 16.0. The lowest BCUT2D eigenvalue weighted by Crippen LogP contribution is -2.48. The summed E-state index contributed by atoms with van der Waals surface area (Å²) in [6.45, 7) is 5.79. The monoisotopic (exact) mass is 332 g/mol. The molecule has 3 rings (SSSR count). The second-order valence-corrected chi connectivity index (χ2v) is 6.13. The fraction of sp³-hybridized carbons (Fsp3) is 0.412. The molecule has 0 aliphatic carbocycles. The van der Waals surface area contributed by atoms with Crippen LogP contribution in [0.5, 0.6) is 0 Å².